The number of unbranched alkanes of at least 4 members (excludes halogenated alkanes) is 31. The third-order valence-corrected chi connectivity index (χ3v) is 13.8. The lowest BCUT2D eigenvalue weighted by Gasteiger charge is -2.30. The van der Waals surface area contributed by atoms with Gasteiger partial charge in [0.2, 0.25) is 5.91 Å². The monoisotopic (exact) mass is 963 g/mol. The fourth-order valence-electron chi connectivity index (χ4n) is 8.39. The van der Waals surface area contributed by atoms with Crippen molar-refractivity contribution in [3.63, 3.8) is 0 Å². The van der Waals surface area contributed by atoms with E-state index in [0.29, 0.717) is 23.9 Å². The van der Waals surface area contributed by atoms with E-state index in [1.165, 1.54) is 161 Å². The van der Waals surface area contributed by atoms with Crippen LogP contribution in [-0.2, 0) is 18.4 Å². The number of aliphatic hydroxyl groups is 1. The highest BCUT2D eigenvalue weighted by Crippen LogP contribution is 2.38. The Morgan fingerprint density at radius 3 is 1.33 bits per heavy atom. The quantitative estimate of drug-likeness (QED) is 0.0272. The first-order valence-electron chi connectivity index (χ1n) is 28.5. The van der Waals surface area contributed by atoms with Crippen molar-refractivity contribution in [3.8, 4) is 0 Å². The number of nitrogens with zero attached hydrogens (tertiary/aromatic N) is 1. The van der Waals surface area contributed by atoms with E-state index < -0.39 is 20.0 Å². The van der Waals surface area contributed by atoms with E-state index in [9.17, 15) is 19.4 Å². The predicted molar refractivity (Wildman–Crippen MR) is 288 cm³/mol. The van der Waals surface area contributed by atoms with Gasteiger partial charge in [0.05, 0.1) is 39.9 Å². The summed E-state index contributed by atoms with van der Waals surface area (Å²) in [7, 11) is 1.30. The second kappa shape index (κ2) is 49.4. The molecule has 2 N–H and O–H groups in total. The van der Waals surface area contributed by atoms with Gasteiger partial charge in [0, 0.05) is 6.42 Å². The van der Waals surface area contributed by atoms with Crippen LogP contribution in [0.4, 0.5) is 0 Å². The molecule has 3 atom stereocenters. The topological polar surface area (TPSA) is 108 Å². The molecule has 0 aliphatic carbocycles. The number of quaternary nitrogens is 1. The molecular formula is C58H111N2O6P. The highest BCUT2D eigenvalue weighted by atomic mass is 31.2. The number of amides is 1. The Morgan fingerprint density at radius 1 is 0.537 bits per heavy atom. The molecule has 1 amide bonds. The van der Waals surface area contributed by atoms with E-state index in [1.54, 1.807) is 0 Å². The molecule has 3 unspecified atom stereocenters. The second-order valence-electron chi connectivity index (χ2n) is 20.6. The summed E-state index contributed by atoms with van der Waals surface area (Å²) in [5.41, 5.74) is 0. The molecule has 0 aromatic carbocycles. The lowest BCUT2D eigenvalue weighted by atomic mass is 10.0. The minimum Gasteiger partial charge on any atom is -0.756 e. The molecular weight excluding hydrogens is 852 g/mol. The Balaban J connectivity index is 4.17. The number of hydrogen-bond acceptors (Lipinski definition) is 6. The largest absolute Gasteiger partial charge is 0.756 e. The zero-order valence-electron chi connectivity index (χ0n) is 44.9. The van der Waals surface area contributed by atoms with Crippen molar-refractivity contribution in [2.24, 2.45) is 0 Å². The van der Waals surface area contributed by atoms with Gasteiger partial charge < -0.3 is 28.8 Å². The van der Waals surface area contributed by atoms with Crippen LogP contribution in [0.25, 0.3) is 0 Å². The Labute approximate surface area is 416 Å². The molecule has 0 aromatic rings. The van der Waals surface area contributed by atoms with Crippen molar-refractivity contribution in [2.45, 2.75) is 276 Å². The van der Waals surface area contributed by atoms with E-state index in [-0.39, 0.29) is 19.1 Å². The Morgan fingerprint density at radius 2 is 0.910 bits per heavy atom. The number of nitrogens with one attached hydrogen (secondary N) is 1. The van der Waals surface area contributed by atoms with Gasteiger partial charge in [0.1, 0.15) is 13.2 Å². The summed E-state index contributed by atoms with van der Waals surface area (Å²) in [6.07, 6.45) is 64.3. The zero-order valence-corrected chi connectivity index (χ0v) is 45.7. The van der Waals surface area contributed by atoms with E-state index >= 15 is 0 Å². The van der Waals surface area contributed by atoms with Gasteiger partial charge in [-0.2, -0.15) is 0 Å². The molecule has 0 saturated carbocycles. The first-order valence-corrected chi connectivity index (χ1v) is 29.9. The van der Waals surface area contributed by atoms with Crippen molar-refractivity contribution in [2.75, 3.05) is 40.9 Å². The lowest BCUT2D eigenvalue weighted by Crippen LogP contribution is -2.46. The lowest BCUT2D eigenvalue weighted by molar-refractivity contribution is -0.870. The normalized spacial score (nSPS) is 14.3. The minimum atomic E-state index is -4.58. The standard InChI is InChI=1S/C58H111N2O6P/c1-6-8-10-12-14-16-18-20-22-24-26-27-28-29-30-31-32-34-35-37-39-41-43-45-47-49-51-57(61)56(55-66-67(63,64)65-54-53-60(3,4)5)59-58(62)52-50-48-46-44-42-40-38-36-33-25-23-21-19-17-15-13-11-9-7-2/h9,11,15,17,21,23,33,36,56-57,61H,6-8,10,12-14,16,18-20,22,24-32,34-35,37-55H2,1-5H3,(H-,59,62,63,64)/b11-9-,17-15-,23-21-,36-33-. The van der Waals surface area contributed by atoms with Crippen molar-refractivity contribution >= 4 is 13.7 Å². The van der Waals surface area contributed by atoms with Crippen molar-refractivity contribution in [1.82, 2.24) is 5.32 Å². The van der Waals surface area contributed by atoms with E-state index in [0.717, 1.165) is 77.0 Å². The molecule has 0 spiro atoms. The van der Waals surface area contributed by atoms with Gasteiger partial charge in [0.15, 0.2) is 0 Å². The first-order chi connectivity index (χ1) is 32.5. The molecule has 0 fully saturated rings. The molecule has 9 heteroatoms. The summed E-state index contributed by atoms with van der Waals surface area (Å²) in [4.78, 5) is 25.5. The van der Waals surface area contributed by atoms with Crippen molar-refractivity contribution in [3.05, 3.63) is 48.6 Å². The van der Waals surface area contributed by atoms with Crippen LogP contribution in [0.3, 0.4) is 0 Å². The van der Waals surface area contributed by atoms with Gasteiger partial charge in [0.25, 0.3) is 7.82 Å². The van der Waals surface area contributed by atoms with Gasteiger partial charge in [-0.15, -0.1) is 0 Å². The highest BCUT2D eigenvalue weighted by Gasteiger charge is 2.24. The van der Waals surface area contributed by atoms with E-state index in [1.807, 2.05) is 21.1 Å². The van der Waals surface area contributed by atoms with E-state index in [2.05, 4.69) is 67.8 Å². The summed E-state index contributed by atoms with van der Waals surface area (Å²) >= 11 is 0. The molecule has 8 nitrogen and oxygen atoms in total. The number of allylic oxidation sites excluding steroid dienone is 8. The molecule has 67 heavy (non-hydrogen) atoms. The maximum absolute atomic E-state index is 13.0. The summed E-state index contributed by atoms with van der Waals surface area (Å²) in [5, 5.41) is 14.0. The molecule has 0 heterocycles. The number of phosphoric ester groups is 1. The minimum absolute atomic E-state index is 0.00782. The molecule has 0 aromatic heterocycles. The van der Waals surface area contributed by atoms with Crippen molar-refractivity contribution < 1.29 is 32.9 Å². The number of likely N-dealkylation sites (N-methyl/N-ethyl adjacent to an activating group) is 1. The number of carbonyl (C=O) groups excluding carboxylic acids is 1. The number of aliphatic hydroxyl groups excluding tert-OH is 1. The Hall–Kier alpha value is -1.54. The van der Waals surface area contributed by atoms with Crippen LogP contribution in [0.5, 0.6) is 0 Å². The molecule has 0 aliphatic rings. The predicted octanol–water partition coefficient (Wildman–Crippen LogP) is 16.5. The maximum Gasteiger partial charge on any atom is 0.268 e. The summed E-state index contributed by atoms with van der Waals surface area (Å²) < 4.78 is 23.4. The molecule has 0 aliphatic heterocycles. The van der Waals surface area contributed by atoms with Gasteiger partial charge in [-0.05, 0) is 51.4 Å². The van der Waals surface area contributed by atoms with Crippen LogP contribution >= 0.6 is 7.82 Å². The van der Waals surface area contributed by atoms with E-state index in [4.69, 9.17) is 9.05 Å². The smallest absolute Gasteiger partial charge is 0.268 e. The van der Waals surface area contributed by atoms with Crippen LogP contribution in [0.2, 0.25) is 0 Å². The molecule has 0 radical (unpaired) electrons. The number of phosphoric acid groups is 1. The highest BCUT2D eigenvalue weighted by molar-refractivity contribution is 7.45. The van der Waals surface area contributed by atoms with Crippen LogP contribution in [0.15, 0.2) is 48.6 Å². The third kappa shape index (κ3) is 52.1. The van der Waals surface area contributed by atoms with Crippen molar-refractivity contribution in [1.29, 1.82) is 0 Å². The third-order valence-electron chi connectivity index (χ3n) is 12.8. The summed E-state index contributed by atoms with van der Waals surface area (Å²) in [5.74, 6) is -0.177. The summed E-state index contributed by atoms with van der Waals surface area (Å²) in [6, 6.07) is -0.811. The Bertz CT molecular complexity index is 1230. The average molecular weight is 964 g/mol. The zero-order chi connectivity index (χ0) is 49.2. The first kappa shape index (κ1) is 65.5. The molecule has 0 saturated heterocycles. The fraction of sp³-hybridized carbons (Fsp3) is 0.845. The van der Waals surface area contributed by atoms with Crippen LogP contribution in [0, 0.1) is 0 Å². The SMILES string of the molecule is CC/C=C\C/C=C\C/C=C\C/C=C\CCCCCCCCC(=O)NC(COP(=O)([O-])OCC[N+](C)(C)C)C(O)CCCCCCCCCCCCCCCCCCCCCCCCCCCC. The fourth-order valence-corrected chi connectivity index (χ4v) is 9.11. The number of carbonyl (C=O) groups is 1. The molecule has 0 bridgehead atoms. The average Bonchev–Trinajstić information content (AvgIpc) is 3.29. The number of hydrogen-bond donors (Lipinski definition) is 2. The van der Waals surface area contributed by atoms with Crippen LogP contribution in [0.1, 0.15) is 264 Å². The van der Waals surface area contributed by atoms with Gasteiger partial charge in [-0.25, -0.2) is 0 Å². The van der Waals surface area contributed by atoms with Gasteiger partial charge in [-0.3, -0.25) is 9.36 Å². The van der Waals surface area contributed by atoms with Gasteiger partial charge >= 0.3 is 0 Å². The van der Waals surface area contributed by atoms with Crippen LogP contribution in [-0.4, -0.2) is 68.5 Å². The number of rotatable bonds is 52. The second-order valence-corrected chi connectivity index (χ2v) is 22.0. The maximum atomic E-state index is 13.0. The Kier molecular flexibility index (Phi) is 48.3. The molecule has 394 valence electrons. The molecule has 0 rings (SSSR count). The van der Waals surface area contributed by atoms with Gasteiger partial charge in [-0.1, -0.05) is 255 Å². The summed E-state index contributed by atoms with van der Waals surface area (Å²) in [6.45, 7) is 4.62. The van der Waals surface area contributed by atoms with Crippen LogP contribution < -0.4 is 10.2 Å².